The Balaban J connectivity index is 1.45. The second-order valence-corrected chi connectivity index (χ2v) is 11.5. The summed E-state index contributed by atoms with van der Waals surface area (Å²) >= 11 is 0. The van der Waals surface area contributed by atoms with Gasteiger partial charge in [0.25, 0.3) is 5.91 Å². The number of pyridine rings is 2. The molecule has 4 rings (SSSR count). The van der Waals surface area contributed by atoms with Crippen molar-refractivity contribution in [2.24, 2.45) is 11.7 Å². The van der Waals surface area contributed by atoms with Crippen molar-refractivity contribution in [3.05, 3.63) is 60.0 Å². The van der Waals surface area contributed by atoms with Crippen molar-refractivity contribution >= 4 is 16.7 Å². The Kier molecular flexibility index (Phi) is 9.08. The molecule has 1 amide bonds. The molecule has 0 saturated heterocycles. The predicted molar refractivity (Wildman–Crippen MR) is 153 cm³/mol. The molecule has 0 aliphatic heterocycles. The van der Waals surface area contributed by atoms with Crippen LogP contribution >= 0.6 is 0 Å². The minimum absolute atomic E-state index is 0.116. The van der Waals surface area contributed by atoms with Crippen molar-refractivity contribution in [3.63, 3.8) is 0 Å². The van der Waals surface area contributed by atoms with E-state index in [9.17, 15) is 9.90 Å². The lowest BCUT2D eigenvalue weighted by Crippen LogP contribution is -2.68. The van der Waals surface area contributed by atoms with Crippen LogP contribution in [0.4, 0.5) is 0 Å². The Morgan fingerprint density at radius 2 is 2.00 bits per heavy atom. The predicted octanol–water partition coefficient (Wildman–Crippen LogP) is 4.06. The third-order valence-electron chi connectivity index (χ3n) is 8.25. The van der Waals surface area contributed by atoms with Crippen LogP contribution in [0.3, 0.4) is 0 Å². The van der Waals surface area contributed by atoms with Crippen LogP contribution in [0.25, 0.3) is 10.8 Å². The van der Waals surface area contributed by atoms with Crippen molar-refractivity contribution in [1.29, 1.82) is 0 Å². The molecule has 3 atom stereocenters. The standard InChI is InChI=1S/C31H42N4O4/c1-5-6-10-25-18-24-9-7-8-11-27(24)29(34-25)39-15-14-35(2,3)28-13-12-22(19-31(28,37)30(32)36)16-23-17-26(38-4)21-33-20-23/h7-9,11,17-18,20-22,28,37H,5-6,10,12-16,19H2,1-4H3,(H-,32,36)/p+1/t22?,28-,31-/m0/s1. The number of nitrogens with two attached hydrogens (primary N) is 1. The number of quaternary nitrogens is 1. The highest BCUT2D eigenvalue weighted by molar-refractivity contribution is 5.87. The fourth-order valence-corrected chi connectivity index (χ4v) is 6.05. The first kappa shape index (κ1) is 28.8. The van der Waals surface area contributed by atoms with Gasteiger partial charge in [-0.2, -0.15) is 0 Å². The number of unbranched alkanes of at least 4 members (excludes halogenated alkanes) is 1. The topological polar surface area (TPSA) is 108 Å². The number of carbonyl (C=O) groups excluding carboxylic acids is 1. The second kappa shape index (κ2) is 12.3. The number of methoxy groups -OCH3 is 1. The Labute approximate surface area is 231 Å². The molecule has 39 heavy (non-hydrogen) atoms. The summed E-state index contributed by atoms with van der Waals surface area (Å²) in [6, 6.07) is 11.9. The number of rotatable bonds is 12. The lowest BCUT2D eigenvalue weighted by molar-refractivity contribution is -0.922. The quantitative estimate of drug-likeness (QED) is 0.339. The molecule has 8 heteroatoms. The van der Waals surface area contributed by atoms with Gasteiger partial charge in [0, 0.05) is 23.7 Å². The first-order valence-corrected chi connectivity index (χ1v) is 14.0. The summed E-state index contributed by atoms with van der Waals surface area (Å²) in [7, 11) is 5.69. The number of hydrogen-bond donors (Lipinski definition) is 2. The molecule has 2 aromatic heterocycles. The minimum atomic E-state index is -1.61. The van der Waals surface area contributed by atoms with Crippen LogP contribution in [0.1, 0.15) is 50.3 Å². The van der Waals surface area contributed by atoms with E-state index in [0.717, 1.165) is 47.7 Å². The molecule has 1 saturated carbocycles. The molecule has 0 bridgehead atoms. The van der Waals surface area contributed by atoms with Gasteiger partial charge in [-0.15, -0.1) is 0 Å². The summed E-state index contributed by atoms with van der Waals surface area (Å²) in [5.74, 6) is 0.789. The van der Waals surface area contributed by atoms with Crippen LogP contribution in [-0.4, -0.2) is 71.5 Å². The largest absolute Gasteiger partial charge is 0.495 e. The highest BCUT2D eigenvalue weighted by Gasteiger charge is 2.54. The van der Waals surface area contributed by atoms with Crippen LogP contribution in [0.5, 0.6) is 11.6 Å². The molecule has 0 radical (unpaired) electrons. The zero-order chi connectivity index (χ0) is 28.0. The number of aryl methyl sites for hydroxylation is 1. The average Bonchev–Trinajstić information content (AvgIpc) is 2.91. The van der Waals surface area contributed by atoms with Crippen molar-refractivity contribution in [2.45, 2.75) is 63.5 Å². The van der Waals surface area contributed by atoms with E-state index in [-0.39, 0.29) is 12.0 Å². The van der Waals surface area contributed by atoms with Gasteiger partial charge >= 0.3 is 0 Å². The fraction of sp³-hybridized carbons (Fsp3) is 0.516. The lowest BCUT2D eigenvalue weighted by atomic mass is 9.71. The number of aromatic nitrogens is 2. The van der Waals surface area contributed by atoms with Crippen molar-refractivity contribution in [3.8, 4) is 11.6 Å². The summed E-state index contributed by atoms with van der Waals surface area (Å²) in [5, 5.41) is 13.8. The van der Waals surface area contributed by atoms with E-state index in [2.05, 4.69) is 24.0 Å². The monoisotopic (exact) mass is 535 g/mol. The third kappa shape index (κ3) is 6.68. The van der Waals surface area contributed by atoms with Crippen LogP contribution < -0.4 is 15.2 Å². The number of primary amides is 1. The summed E-state index contributed by atoms with van der Waals surface area (Å²) in [6.07, 6.45) is 9.17. The Bertz CT molecular complexity index is 1280. The Hall–Kier alpha value is -3.23. The number of amides is 1. The molecule has 1 aromatic carbocycles. The lowest BCUT2D eigenvalue weighted by Gasteiger charge is -2.49. The highest BCUT2D eigenvalue weighted by Crippen LogP contribution is 2.39. The summed E-state index contributed by atoms with van der Waals surface area (Å²) in [6.45, 7) is 3.18. The number of nitrogens with zero attached hydrogens (tertiary/aromatic N) is 3. The number of fused-ring (bicyclic) bond motifs is 1. The van der Waals surface area contributed by atoms with Crippen LogP contribution in [-0.2, 0) is 17.6 Å². The van der Waals surface area contributed by atoms with Gasteiger partial charge < -0.3 is 24.8 Å². The number of hydrogen-bond acceptors (Lipinski definition) is 6. The van der Waals surface area contributed by atoms with Gasteiger partial charge in [0.15, 0.2) is 5.60 Å². The number of carbonyl (C=O) groups is 1. The third-order valence-corrected chi connectivity index (χ3v) is 8.25. The maximum absolute atomic E-state index is 12.7. The van der Waals surface area contributed by atoms with Gasteiger partial charge in [-0.05, 0) is 67.2 Å². The maximum atomic E-state index is 12.7. The molecule has 1 aliphatic rings. The zero-order valence-corrected chi connectivity index (χ0v) is 23.7. The van der Waals surface area contributed by atoms with Crippen LogP contribution in [0.2, 0.25) is 0 Å². The maximum Gasteiger partial charge on any atom is 0.255 e. The van der Waals surface area contributed by atoms with Gasteiger partial charge in [0.2, 0.25) is 5.88 Å². The van der Waals surface area contributed by atoms with Gasteiger partial charge in [-0.1, -0.05) is 31.5 Å². The molecule has 1 fully saturated rings. The zero-order valence-electron chi connectivity index (χ0n) is 23.7. The molecule has 1 aliphatic carbocycles. The minimum Gasteiger partial charge on any atom is -0.495 e. The number of aliphatic hydroxyl groups is 1. The molecule has 210 valence electrons. The van der Waals surface area contributed by atoms with E-state index in [1.807, 2.05) is 44.6 Å². The second-order valence-electron chi connectivity index (χ2n) is 11.5. The van der Waals surface area contributed by atoms with Gasteiger partial charge in [0.05, 0.1) is 27.4 Å². The molecule has 0 spiro atoms. The van der Waals surface area contributed by atoms with Crippen molar-refractivity contribution in [2.75, 3.05) is 34.4 Å². The Morgan fingerprint density at radius 3 is 2.74 bits per heavy atom. The SMILES string of the molecule is CCCCc1cc2ccccc2c(OCC[N+](C)(C)[C@H]2CCC(Cc3cncc(OC)c3)C[C@@]2(O)C(N)=O)n1. The van der Waals surface area contributed by atoms with Crippen LogP contribution in [0.15, 0.2) is 48.8 Å². The van der Waals surface area contributed by atoms with Gasteiger partial charge in [-0.25, -0.2) is 4.98 Å². The van der Waals surface area contributed by atoms with Crippen molar-refractivity contribution < 1.29 is 23.9 Å². The molecule has 3 N–H and O–H groups in total. The average molecular weight is 536 g/mol. The molecule has 2 heterocycles. The van der Waals surface area contributed by atoms with Gasteiger partial charge in [-0.3, -0.25) is 9.78 Å². The first-order chi connectivity index (χ1) is 18.7. The Morgan fingerprint density at radius 1 is 1.21 bits per heavy atom. The molecule has 3 aromatic rings. The van der Waals surface area contributed by atoms with E-state index in [1.165, 1.54) is 0 Å². The molecular weight excluding hydrogens is 492 g/mol. The summed E-state index contributed by atoms with van der Waals surface area (Å²) in [5.41, 5.74) is 6.30. The summed E-state index contributed by atoms with van der Waals surface area (Å²) in [4.78, 5) is 21.8. The highest BCUT2D eigenvalue weighted by atomic mass is 16.5. The van der Waals surface area contributed by atoms with E-state index in [0.29, 0.717) is 48.5 Å². The normalized spacial score (nSPS) is 21.6. The smallest absolute Gasteiger partial charge is 0.255 e. The van der Waals surface area contributed by atoms with E-state index < -0.39 is 11.5 Å². The summed E-state index contributed by atoms with van der Waals surface area (Å²) < 4.78 is 12.0. The number of ether oxygens (including phenoxy) is 2. The number of likely N-dealkylation sites (N-methyl/N-ethyl adjacent to an activating group) is 1. The van der Waals surface area contributed by atoms with E-state index >= 15 is 0 Å². The first-order valence-electron chi connectivity index (χ1n) is 14.0. The van der Waals surface area contributed by atoms with E-state index in [4.69, 9.17) is 20.2 Å². The molecule has 1 unspecified atom stereocenters. The van der Waals surface area contributed by atoms with E-state index in [1.54, 1.807) is 13.3 Å². The molecular formula is C31H43N4O4+. The van der Waals surface area contributed by atoms with Gasteiger partial charge in [0.1, 0.15) is 24.9 Å². The van der Waals surface area contributed by atoms with Crippen molar-refractivity contribution in [1.82, 2.24) is 9.97 Å². The van der Waals surface area contributed by atoms with Crippen LogP contribution in [0, 0.1) is 5.92 Å². The number of benzene rings is 1. The molecule has 8 nitrogen and oxygen atoms in total. The fourth-order valence-electron chi connectivity index (χ4n) is 6.05.